The Morgan fingerprint density at radius 3 is 2.68 bits per heavy atom. The van der Waals surface area contributed by atoms with Gasteiger partial charge in [-0.1, -0.05) is 41.3 Å². The van der Waals surface area contributed by atoms with Crippen LogP contribution in [0.25, 0.3) is 0 Å². The van der Waals surface area contributed by atoms with E-state index in [1.54, 1.807) is 24.3 Å². The summed E-state index contributed by atoms with van der Waals surface area (Å²) < 4.78 is 0.585. The molecule has 0 saturated heterocycles. The Labute approximate surface area is 117 Å². The van der Waals surface area contributed by atoms with E-state index in [9.17, 15) is 9.59 Å². The predicted octanol–water partition coefficient (Wildman–Crippen LogP) is 1.37. The van der Waals surface area contributed by atoms with E-state index in [0.717, 1.165) is 0 Å². The van der Waals surface area contributed by atoms with Gasteiger partial charge < -0.3 is 5.73 Å². The van der Waals surface area contributed by atoms with Gasteiger partial charge in [-0.3, -0.25) is 14.9 Å². The third-order valence-corrected chi connectivity index (χ3v) is 4.00. The molecule has 0 unspecified atom stereocenters. The van der Waals surface area contributed by atoms with Crippen LogP contribution in [0.15, 0.2) is 34.7 Å². The van der Waals surface area contributed by atoms with Crippen LogP contribution in [-0.4, -0.2) is 27.8 Å². The number of carbonyl (C=O) groups excluding carboxylic acids is 2. The molecule has 8 heteroatoms. The summed E-state index contributed by atoms with van der Waals surface area (Å²) in [4.78, 5) is 22.5. The number of rotatable bonds is 5. The normalized spacial score (nSPS) is 10.1. The smallest absolute Gasteiger partial charge is 0.257 e. The maximum atomic E-state index is 11.8. The lowest BCUT2D eigenvalue weighted by molar-refractivity contribution is -0.115. The average Bonchev–Trinajstić information content (AvgIpc) is 2.85. The number of hydrogen-bond donors (Lipinski definition) is 2. The standard InChI is InChI=1S/C11H10N4O2S2/c12-8(16)6-18-11-15-14-10(19-11)13-9(17)7-4-2-1-3-5-7/h1-5H,6H2,(H2,12,16)(H,13,14,17). The molecule has 2 rings (SSSR count). The lowest BCUT2D eigenvalue weighted by Gasteiger charge is -1.99. The van der Waals surface area contributed by atoms with Crippen LogP contribution in [0.2, 0.25) is 0 Å². The first-order valence-corrected chi connectivity index (χ1v) is 7.06. The van der Waals surface area contributed by atoms with Crippen LogP contribution in [0.3, 0.4) is 0 Å². The number of benzene rings is 1. The molecule has 1 heterocycles. The third-order valence-electron chi connectivity index (χ3n) is 2.00. The van der Waals surface area contributed by atoms with Crippen molar-refractivity contribution in [3.05, 3.63) is 35.9 Å². The molecule has 0 aliphatic heterocycles. The van der Waals surface area contributed by atoms with E-state index >= 15 is 0 Å². The van der Waals surface area contributed by atoms with E-state index in [-0.39, 0.29) is 11.7 Å². The second-order valence-corrected chi connectivity index (χ2v) is 5.65. The Morgan fingerprint density at radius 1 is 1.26 bits per heavy atom. The van der Waals surface area contributed by atoms with Gasteiger partial charge in [-0.25, -0.2) is 0 Å². The monoisotopic (exact) mass is 294 g/mol. The number of thioether (sulfide) groups is 1. The van der Waals surface area contributed by atoms with Crippen LogP contribution in [0.4, 0.5) is 5.13 Å². The Morgan fingerprint density at radius 2 is 2.00 bits per heavy atom. The molecule has 0 radical (unpaired) electrons. The molecule has 6 nitrogen and oxygen atoms in total. The molecule has 0 saturated carbocycles. The molecule has 0 atom stereocenters. The summed E-state index contributed by atoms with van der Waals surface area (Å²) in [6, 6.07) is 8.81. The fourth-order valence-electron chi connectivity index (χ4n) is 1.21. The van der Waals surface area contributed by atoms with Crippen molar-refractivity contribution in [3.8, 4) is 0 Å². The van der Waals surface area contributed by atoms with Crippen LogP contribution in [0, 0.1) is 0 Å². The van der Waals surface area contributed by atoms with E-state index in [1.807, 2.05) is 6.07 Å². The average molecular weight is 294 g/mol. The number of anilines is 1. The summed E-state index contributed by atoms with van der Waals surface area (Å²) in [7, 11) is 0. The summed E-state index contributed by atoms with van der Waals surface area (Å²) in [5.74, 6) is -0.528. The molecule has 3 N–H and O–H groups in total. The van der Waals surface area contributed by atoms with Crippen LogP contribution in [0.1, 0.15) is 10.4 Å². The van der Waals surface area contributed by atoms with Crippen LogP contribution < -0.4 is 11.1 Å². The molecule has 1 aromatic heterocycles. The molecular weight excluding hydrogens is 284 g/mol. The number of nitrogens with two attached hydrogens (primary N) is 1. The van der Waals surface area contributed by atoms with Gasteiger partial charge in [0.25, 0.3) is 5.91 Å². The first-order chi connectivity index (χ1) is 9.15. The zero-order valence-electron chi connectivity index (χ0n) is 9.70. The van der Waals surface area contributed by atoms with Crippen molar-refractivity contribution in [2.24, 2.45) is 5.73 Å². The van der Waals surface area contributed by atoms with Crippen LogP contribution >= 0.6 is 23.1 Å². The van der Waals surface area contributed by atoms with Crippen molar-refractivity contribution in [1.82, 2.24) is 10.2 Å². The topological polar surface area (TPSA) is 98.0 Å². The highest BCUT2D eigenvalue weighted by molar-refractivity contribution is 8.01. The molecule has 2 amide bonds. The first-order valence-electron chi connectivity index (χ1n) is 5.26. The Kier molecular flexibility index (Phi) is 4.48. The number of aromatic nitrogens is 2. The summed E-state index contributed by atoms with van der Waals surface area (Å²) >= 11 is 2.39. The number of hydrogen-bond acceptors (Lipinski definition) is 6. The van der Waals surface area contributed by atoms with Gasteiger partial charge in [-0.2, -0.15) is 0 Å². The molecule has 1 aromatic carbocycles. The predicted molar refractivity (Wildman–Crippen MR) is 74.2 cm³/mol. The van der Waals surface area contributed by atoms with Crippen LogP contribution in [-0.2, 0) is 4.79 Å². The van der Waals surface area contributed by atoms with Crippen molar-refractivity contribution >= 4 is 40.0 Å². The fourth-order valence-corrected chi connectivity index (χ4v) is 2.70. The lowest BCUT2D eigenvalue weighted by Crippen LogP contribution is -2.12. The van der Waals surface area contributed by atoms with E-state index in [4.69, 9.17) is 5.73 Å². The summed E-state index contributed by atoms with van der Waals surface area (Å²) in [6.07, 6.45) is 0. The van der Waals surface area contributed by atoms with E-state index in [0.29, 0.717) is 15.0 Å². The van der Waals surface area contributed by atoms with E-state index < -0.39 is 5.91 Å². The highest BCUT2D eigenvalue weighted by Gasteiger charge is 2.10. The van der Waals surface area contributed by atoms with Gasteiger partial charge in [0.05, 0.1) is 5.75 Å². The van der Waals surface area contributed by atoms with Crippen molar-refractivity contribution in [3.63, 3.8) is 0 Å². The van der Waals surface area contributed by atoms with Crippen molar-refractivity contribution in [2.75, 3.05) is 11.1 Å². The minimum absolute atomic E-state index is 0.140. The van der Waals surface area contributed by atoms with Gasteiger partial charge in [-0.15, -0.1) is 10.2 Å². The number of nitrogens with zero attached hydrogens (tertiary/aromatic N) is 2. The SMILES string of the molecule is NC(=O)CSc1nnc(NC(=O)c2ccccc2)s1. The molecule has 2 aromatic rings. The van der Waals surface area contributed by atoms with Crippen molar-refractivity contribution in [2.45, 2.75) is 4.34 Å². The molecule has 0 aliphatic carbocycles. The minimum Gasteiger partial charge on any atom is -0.369 e. The highest BCUT2D eigenvalue weighted by Crippen LogP contribution is 2.25. The molecule has 19 heavy (non-hydrogen) atoms. The number of nitrogens with one attached hydrogen (secondary N) is 1. The van der Waals surface area contributed by atoms with Gasteiger partial charge in [0, 0.05) is 5.56 Å². The largest absolute Gasteiger partial charge is 0.369 e. The lowest BCUT2D eigenvalue weighted by atomic mass is 10.2. The summed E-state index contributed by atoms with van der Waals surface area (Å²) in [5.41, 5.74) is 5.58. The minimum atomic E-state index is -0.421. The van der Waals surface area contributed by atoms with Crippen LogP contribution in [0.5, 0.6) is 0 Å². The van der Waals surface area contributed by atoms with Crippen molar-refractivity contribution in [1.29, 1.82) is 0 Å². The molecule has 0 spiro atoms. The highest BCUT2D eigenvalue weighted by atomic mass is 32.2. The number of carbonyl (C=O) groups is 2. The van der Waals surface area contributed by atoms with Crippen molar-refractivity contribution < 1.29 is 9.59 Å². The summed E-state index contributed by atoms with van der Waals surface area (Å²) in [5, 5.41) is 10.7. The number of primary amides is 1. The summed E-state index contributed by atoms with van der Waals surface area (Å²) in [6.45, 7) is 0. The Bertz CT molecular complexity index is 585. The molecule has 98 valence electrons. The molecule has 0 fully saturated rings. The molecule has 0 bridgehead atoms. The fraction of sp³-hybridized carbons (Fsp3) is 0.0909. The second kappa shape index (κ2) is 6.30. The van der Waals surface area contributed by atoms with Gasteiger partial charge >= 0.3 is 0 Å². The quantitative estimate of drug-likeness (QED) is 0.641. The van der Waals surface area contributed by atoms with E-state index in [2.05, 4.69) is 15.5 Å². The zero-order chi connectivity index (χ0) is 13.7. The zero-order valence-corrected chi connectivity index (χ0v) is 11.3. The first kappa shape index (κ1) is 13.5. The van der Waals surface area contributed by atoms with Gasteiger partial charge in [0.1, 0.15) is 0 Å². The second-order valence-electron chi connectivity index (χ2n) is 3.45. The van der Waals surface area contributed by atoms with Gasteiger partial charge in [-0.05, 0) is 12.1 Å². The molecule has 0 aliphatic rings. The Balaban J connectivity index is 1.96. The maximum Gasteiger partial charge on any atom is 0.257 e. The third kappa shape index (κ3) is 4.04. The van der Waals surface area contributed by atoms with Gasteiger partial charge in [0.15, 0.2) is 4.34 Å². The maximum absolute atomic E-state index is 11.8. The number of amides is 2. The van der Waals surface area contributed by atoms with E-state index in [1.165, 1.54) is 23.1 Å². The Hall–Kier alpha value is -1.93. The van der Waals surface area contributed by atoms with Gasteiger partial charge in [0.2, 0.25) is 11.0 Å². The molecular formula is C11H10N4O2S2.